The molecular formula is C11H10Cl2O3S. The van der Waals surface area contributed by atoms with Crippen molar-refractivity contribution in [1.29, 1.82) is 0 Å². The lowest BCUT2D eigenvalue weighted by atomic mass is 10.1. The van der Waals surface area contributed by atoms with Crippen molar-refractivity contribution in [3.8, 4) is 5.75 Å². The van der Waals surface area contributed by atoms with Crippen LogP contribution in [0.1, 0.15) is 0 Å². The Bertz CT molecular complexity index is 588. The van der Waals surface area contributed by atoms with Crippen molar-refractivity contribution in [2.24, 2.45) is 0 Å². The van der Waals surface area contributed by atoms with Gasteiger partial charge in [-0.15, -0.1) is 0 Å². The maximum absolute atomic E-state index is 9.16. The Hall–Kier alpha value is -0.970. The summed E-state index contributed by atoms with van der Waals surface area (Å²) >= 11 is 0. The minimum atomic E-state index is -3.72. The van der Waals surface area contributed by atoms with Gasteiger partial charge in [-0.1, -0.05) is 30.3 Å². The SMILES string of the molecule is COc1ccc2ccccc2c1.O=S(=O)(Cl)Cl. The molecule has 2 aromatic carbocycles. The average Bonchev–Trinajstić information content (AvgIpc) is 2.26. The molecule has 0 aliphatic carbocycles. The van der Waals surface area contributed by atoms with Crippen LogP contribution in [0.2, 0.25) is 0 Å². The van der Waals surface area contributed by atoms with E-state index in [4.69, 9.17) is 13.2 Å². The van der Waals surface area contributed by atoms with Crippen LogP contribution in [0.25, 0.3) is 10.8 Å². The Balaban J connectivity index is 0.000000249. The second-order valence-electron chi connectivity index (χ2n) is 3.09. The lowest BCUT2D eigenvalue weighted by molar-refractivity contribution is 0.415. The highest BCUT2D eigenvalue weighted by molar-refractivity contribution is 8.31. The van der Waals surface area contributed by atoms with Crippen LogP contribution in [-0.2, 0) is 8.26 Å². The fourth-order valence-corrected chi connectivity index (χ4v) is 1.29. The molecule has 0 aliphatic rings. The fraction of sp³-hybridized carbons (Fsp3) is 0.0909. The minimum Gasteiger partial charge on any atom is -0.497 e. The second kappa shape index (κ2) is 6.10. The van der Waals surface area contributed by atoms with Crippen LogP contribution < -0.4 is 4.74 Å². The number of fused-ring (bicyclic) bond motifs is 1. The van der Waals surface area contributed by atoms with Crippen LogP contribution in [0.3, 0.4) is 0 Å². The van der Waals surface area contributed by atoms with E-state index in [-0.39, 0.29) is 0 Å². The van der Waals surface area contributed by atoms with Gasteiger partial charge < -0.3 is 4.74 Å². The molecule has 0 saturated carbocycles. The fourth-order valence-electron chi connectivity index (χ4n) is 1.29. The van der Waals surface area contributed by atoms with Crippen LogP contribution in [0.15, 0.2) is 42.5 Å². The Labute approximate surface area is 109 Å². The van der Waals surface area contributed by atoms with Crippen molar-refractivity contribution >= 4 is 40.4 Å². The number of benzene rings is 2. The molecule has 0 aromatic heterocycles. The van der Waals surface area contributed by atoms with E-state index in [0.717, 1.165) is 5.75 Å². The van der Waals surface area contributed by atoms with Gasteiger partial charge in [0.05, 0.1) is 7.11 Å². The van der Waals surface area contributed by atoms with Crippen molar-refractivity contribution < 1.29 is 13.2 Å². The third-order valence-electron chi connectivity index (χ3n) is 1.96. The number of rotatable bonds is 1. The first-order valence-corrected chi connectivity index (χ1v) is 7.71. The quantitative estimate of drug-likeness (QED) is 0.755. The molecule has 92 valence electrons. The second-order valence-corrected chi connectivity index (χ2v) is 6.76. The highest BCUT2D eigenvalue weighted by Crippen LogP contribution is 2.19. The van der Waals surface area contributed by atoms with Crippen LogP contribution in [-0.4, -0.2) is 15.5 Å². The smallest absolute Gasteiger partial charge is 0.317 e. The van der Waals surface area contributed by atoms with Crippen molar-refractivity contribution in [2.45, 2.75) is 0 Å². The number of halogens is 2. The monoisotopic (exact) mass is 292 g/mol. The Kier molecular flexibility index (Phi) is 5.05. The summed E-state index contributed by atoms with van der Waals surface area (Å²) < 4.78 is 23.4. The molecule has 0 heterocycles. The van der Waals surface area contributed by atoms with Crippen LogP contribution in [0.5, 0.6) is 5.75 Å². The van der Waals surface area contributed by atoms with Gasteiger partial charge in [0.15, 0.2) is 0 Å². The zero-order chi connectivity index (χ0) is 12.9. The molecule has 0 aliphatic heterocycles. The Morgan fingerprint density at radius 1 is 1.00 bits per heavy atom. The van der Waals surface area contributed by atoms with E-state index in [2.05, 4.69) is 39.6 Å². The summed E-state index contributed by atoms with van der Waals surface area (Å²) in [6.07, 6.45) is 0. The predicted octanol–water partition coefficient (Wildman–Crippen LogP) is 3.56. The number of methoxy groups -OCH3 is 1. The third-order valence-corrected chi connectivity index (χ3v) is 1.96. The summed E-state index contributed by atoms with van der Waals surface area (Å²) in [6, 6.07) is 14.3. The van der Waals surface area contributed by atoms with Gasteiger partial charge in [0.2, 0.25) is 0 Å². The summed E-state index contributed by atoms with van der Waals surface area (Å²) in [5, 5.41) is 2.47. The largest absolute Gasteiger partial charge is 0.497 e. The summed E-state index contributed by atoms with van der Waals surface area (Å²) in [5.41, 5.74) is 0. The molecule has 0 unspecified atom stereocenters. The number of ether oxygens (including phenoxy) is 1. The molecule has 3 nitrogen and oxygen atoms in total. The van der Waals surface area contributed by atoms with Crippen LogP contribution in [0.4, 0.5) is 0 Å². The molecule has 6 heteroatoms. The molecular weight excluding hydrogens is 283 g/mol. The van der Waals surface area contributed by atoms with E-state index in [0.29, 0.717) is 0 Å². The zero-order valence-corrected chi connectivity index (χ0v) is 11.3. The molecule has 0 N–H and O–H groups in total. The molecule has 2 rings (SSSR count). The molecule has 0 atom stereocenters. The van der Waals surface area contributed by atoms with Gasteiger partial charge in [-0.25, -0.2) is 0 Å². The maximum Gasteiger partial charge on any atom is 0.317 e. The van der Waals surface area contributed by atoms with Gasteiger partial charge in [-0.05, 0) is 22.9 Å². The lowest BCUT2D eigenvalue weighted by Crippen LogP contribution is -1.81. The van der Waals surface area contributed by atoms with Crippen LogP contribution in [0, 0.1) is 0 Å². The minimum absolute atomic E-state index is 0.911. The molecule has 0 bridgehead atoms. The van der Waals surface area contributed by atoms with E-state index in [1.165, 1.54) is 10.8 Å². The van der Waals surface area contributed by atoms with E-state index in [1.807, 2.05) is 24.3 Å². The first-order valence-electron chi connectivity index (χ1n) is 4.57. The Morgan fingerprint density at radius 3 is 2.06 bits per heavy atom. The Morgan fingerprint density at radius 2 is 1.53 bits per heavy atom. The predicted molar refractivity (Wildman–Crippen MR) is 71.1 cm³/mol. The highest BCUT2D eigenvalue weighted by Gasteiger charge is 1.93. The molecule has 0 saturated heterocycles. The van der Waals surface area contributed by atoms with Crippen molar-refractivity contribution in [3.05, 3.63) is 42.5 Å². The molecule has 2 aromatic rings. The topological polar surface area (TPSA) is 43.4 Å². The molecule has 0 fully saturated rings. The summed E-state index contributed by atoms with van der Waals surface area (Å²) in [5.74, 6) is 0.911. The van der Waals surface area contributed by atoms with Crippen LogP contribution >= 0.6 is 21.4 Å². The van der Waals surface area contributed by atoms with Gasteiger partial charge >= 0.3 is 8.26 Å². The molecule has 17 heavy (non-hydrogen) atoms. The zero-order valence-electron chi connectivity index (χ0n) is 8.93. The van der Waals surface area contributed by atoms with Gasteiger partial charge in [0, 0.05) is 21.4 Å². The van der Waals surface area contributed by atoms with Crippen molar-refractivity contribution in [1.82, 2.24) is 0 Å². The number of hydrogen-bond acceptors (Lipinski definition) is 3. The van der Waals surface area contributed by atoms with E-state index in [9.17, 15) is 0 Å². The van der Waals surface area contributed by atoms with E-state index in [1.54, 1.807) is 7.11 Å². The normalized spacial score (nSPS) is 10.5. The molecule has 0 spiro atoms. The van der Waals surface area contributed by atoms with Crippen molar-refractivity contribution in [3.63, 3.8) is 0 Å². The van der Waals surface area contributed by atoms with Gasteiger partial charge in [-0.2, -0.15) is 8.42 Å². The van der Waals surface area contributed by atoms with Gasteiger partial charge in [0.25, 0.3) is 0 Å². The highest BCUT2D eigenvalue weighted by atomic mass is 36.0. The first-order chi connectivity index (χ1) is 7.90. The lowest BCUT2D eigenvalue weighted by Gasteiger charge is -2.00. The summed E-state index contributed by atoms with van der Waals surface area (Å²) in [7, 11) is 6.50. The average molecular weight is 293 g/mol. The maximum atomic E-state index is 9.16. The van der Waals surface area contributed by atoms with E-state index < -0.39 is 8.26 Å². The molecule has 0 amide bonds. The van der Waals surface area contributed by atoms with Gasteiger partial charge in [-0.3, -0.25) is 0 Å². The number of hydrogen-bond donors (Lipinski definition) is 0. The van der Waals surface area contributed by atoms with Crippen molar-refractivity contribution in [2.75, 3.05) is 7.11 Å². The van der Waals surface area contributed by atoms with E-state index >= 15 is 0 Å². The summed E-state index contributed by atoms with van der Waals surface area (Å²) in [4.78, 5) is 0. The third kappa shape index (κ3) is 5.77. The molecule has 0 radical (unpaired) electrons. The standard InChI is InChI=1S/C11H10O.Cl2O2S/c1-12-11-7-6-9-4-2-3-5-10(9)8-11;1-5(2,3)4/h2-8H,1H3;. The van der Waals surface area contributed by atoms with Gasteiger partial charge in [0.1, 0.15) is 5.75 Å². The summed E-state index contributed by atoms with van der Waals surface area (Å²) in [6.45, 7) is 0. The first kappa shape index (κ1) is 14.1.